The number of rotatable bonds is 1. The quantitative estimate of drug-likeness (QED) is 0.705. The average Bonchev–Trinajstić information content (AvgIpc) is 2.28. The first-order valence-electron chi connectivity index (χ1n) is 4.72. The van der Waals surface area contributed by atoms with Crippen molar-refractivity contribution in [2.24, 2.45) is 0 Å². The van der Waals surface area contributed by atoms with Crippen molar-refractivity contribution in [2.45, 2.75) is 6.42 Å². The summed E-state index contributed by atoms with van der Waals surface area (Å²) in [6.45, 7) is 0.621. The van der Waals surface area contributed by atoms with Crippen LogP contribution in [0.3, 0.4) is 0 Å². The smallest absolute Gasteiger partial charge is 0.337 e. The van der Waals surface area contributed by atoms with Gasteiger partial charge in [0.15, 0.2) is 5.78 Å². The van der Waals surface area contributed by atoms with Crippen molar-refractivity contribution < 1.29 is 14.3 Å². The molecular formula is C11H11NO3. The topological polar surface area (TPSA) is 55.4 Å². The average molecular weight is 205 g/mol. The monoisotopic (exact) mass is 205 g/mol. The Hall–Kier alpha value is -1.84. The molecule has 0 saturated carbocycles. The molecule has 1 heterocycles. The Kier molecular flexibility index (Phi) is 2.41. The molecule has 0 fully saturated rings. The molecule has 0 unspecified atom stereocenters. The minimum Gasteiger partial charge on any atom is -0.465 e. The van der Waals surface area contributed by atoms with Crippen LogP contribution in [0.2, 0.25) is 0 Å². The highest BCUT2D eigenvalue weighted by molar-refractivity contribution is 6.04. The second-order valence-corrected chi connectivity index (χ2v) is 3.35. The third-order valence-corrected chi connectivity index (χ3v) is 2.41. The van der Waals surface area contributed by atoms with Crippen LogP contribution >= 0.6 is 0 Å². The summed E-state index contributed by atoms with van der Waals surface area (Å²) in [7, 11) is 1.33. The zero-order valence-corrected chi connectivity index (χ0v) is 8.37. The van der Waals surface area contributed by atoms with Crippen LogP contribution in [0.1, 0.15) is 27.1 Å². The van der Waals surface area contributed by atoms with Gasteiger partial charge < -0.3 is 10.1 Å². The van der Waals surface area contributed by atoms with Gasteiger partial charge in [0.05, 0.1) is 12.7 Å². The van der Waals surface area contributed by atoms with E-state index in [-0.39, 0.29) is 5.78 Å². The van der Waals surface area contributed by atoms with E-state index in [1.165, 1.54) is 7.11 Å². The number of benzene rings is 1. The van der Waals surface area contributed by atoms with Crippen LogP contribution in [0.15, 0.2) is 18.2 Å². The van der Waals surface area contributed by atoms with Gasteiger partial charge >= 0.3 is 5.97 Å². The molecule has 0 saturated heterocycles. The standard InChI is InChI=1S/C11H11NO3/c1-15-11(14)7-2-3-8-9(6-7)12-5-4-10(8)13/h2-3,6,12H,4-5H2,1H3. The third kappa shape index (κ3) is 1.70. The number of nitrogens with one attached hydrogen (secondary N) is 1. The van der Waals surface area contributed by atoms with Crippen LogP contribution in [0.4, 0.5) is 5.69 Å². The maximum absolute atomic E-state index is 11.5. The number of ketones is 1. The van der Waals surface area contributed by atoms with Gasteiger partial charge in [-0.05, 0) is 18.2 Å². The molecule has 0 aromatic heterocycles. The predicted molar refractivity (Wildman–Crippen MR) is 55.2 cm³/mol. The van der Waals surface area contributed by atoms with Crippen molar-refractivity contribution in [3.8, 4) is 0 Å². The Labute approximate surface area is 87.2 Å². The van der Waals surface area contributed by atoms with Gasteiger partial charge in [0.1, 0.15) is 0 Å². The summed E-state index contributed by atoms with van der Waals surface area (Å²) < 4.78 is 4.60. The highest BCUT2D eigenvalue weighted by Gasteiger charge is 2.18. The van der Waals surface area contributed by atoms with E-state index in [0.717, 1.165) is 0 Å². The van der Waals surface area contributed by atoms with E-state index in [1.54, 1.807) is 18.2 Å². The number of anilines is 1. The Morgan fingerprint density at radius 2 is 2.27 bits per heavy atom. The number of carbonyl (C=O) groups is 2. The van der Waals surface area contributed by atoms with E-state index in [0.29, 0.717) is 29.8 Å². The maximum Gasteiger partial charge on any atom is 0.337 e. The summed E-state index contributed by atoms with van der Waals surface area (Å²) in [5.74, 6) is -0.280. The molecule has 0 aliphatic carbocycles. The molecule has 1 aromatic rings. The fourth-order valence-electron chi connectivity index (χ4n) is 1.62. The van der Waals surface area contributed by atoms with E-state index >= 15 is 0 Å². The fourth-order valence-corrected chi connectivity index (χ4v) is 1.62. The molecule has 78 valence electrons. The SMILES string of the molecule is COC(=O)c1ccc2c(c1)NCCC2=O. The van der Waals surface area contributed by atoms with Crippen molar-refractivity contribution >= 4 is 17.4 Å². The minimum atomic E-state index is -0.391. The molecule has 1 aliphatic heterocycles. The second kappa shape index (κ2) is 3.73. The first-order chi connectivity index (χ1) is 7.22. The molecule has 0 atom stereocenters. The zero-order valence-electron chi connectivity index (χ0n) is 8.37. The highest BCUT2D eigenvalue weighted by Crippen LogP contribution is 2.23. The van der Waals surface area contributed by atoms with Gasteiger partial charge in [-0.2, -0.15) is 0 Å². The highest BCUT2D eigenvalue weighted by atomic mass is 16.5. The van der Waals surface area contributed by atoms with Crippen LogP contribution in [-0.2, 0) is 4.74 Å². The van der Waals surface area contributed by atoms with Crippen LogP contribution in [-0.4, -0.2) is 25.4 Å². The number of methoxy groups -OCH3 is 1. The van der Waals surface area contributed by atoms with Crippen molar-refractivity contribution in [3.05, 3.63) is 29.3 Å². The first-order valence-corrected chi connectivity index (χ1v) is 4.72. The molecular weight excluding hydrogens is 194 g/mol. The number of fused-ring (bicyclic) bond motifs is 1. The Bertz CT molecular complexity index is 426. The van der Waals surface area contributed by atoms with Gasteiger partial charge in [0.2, 0.25) is 0 Å². The predicted octanol–water partition coefficient (Wildman–Crippen LogP) is 1.47. The number of hydrogen-bond acceptors (Lipinski definition) is 4. The molecule has 0 radical (unpaired) electrons. The lowest BCUT2D eigenvalue weighted by Crippen LogP contribution is -2.18. The van der Waals surface area contributed by atoms with Gasteiger partial charge in [0.25, 0.3) is 0 Å². The van der Waals surface area contributed by atoms with E-state index in [4.69, 9.17) is 0 Å². The summed E-state index contributed by atoms with van der Waals surface area (Å²) in [4.78, 5) is 22.7. The summed E-state index contributed by atoms with van der Waals surface area (Å²) in [5, 5.41) is 3.08. The number of Topliss-reactive ketones (excluding diaryl/α,β-unsaturated/α-hetero) is 1. The summed E-state index contributed by atoms with van der Waals surface area (Å²) in [6.07, 6.45) is 0.505. The van der Waals surface area contributed by atoms with Crippen LogP contribution in [0.5, 0.6) is 0 Å². The van der Waals surface area contributed by atoms with Crippen molar-refractivity contribution in [1.29, 1.82) is 0 Å². The molecule has 0 spiro atoms. The lowest BCUT2D eigenvalue weighted by Gasteiger charge is -2.17. The number of esters is 1. The normalized spacial score (nSPS) is 14.1. The molecule has 1 aliphatic rings. The lowest BCUT2D eigenvalue weighted by molar-refractivity contribution is 0.0600. The molecule has 1 aromatic carbocycles. The van der Waals surface area contributed by atoms with Crippen molar-refractivity contribution in [3.63, 3.8) is 0 Å². The van der Waals surface area contributed by atoms with Gasteiger partial charge in [-0.15, -0.1) is 0 Å². The number of hydrogen-bond donors (Lipinski definition) is 1. The lowest BCUT2D eigenvalue weighted by atomic mass is 10.00. The maximum atomic E-state index is 11.5. The van der Waals surface area contributed by atoms with E-state index in [1.807, 2.05) is 0 Å². The zero-order chi connectivity index (χ0) is 10.8. The Morgan fingerprint density at radius 1 is 1.47 bits per heavy atom. The molecule has 0 amide bonds. The van der Waals surface area contributed by atoms with Gasteiger partial charge in [-0.25, -0.2) is 4.79 Å². The third-order valence-electron chi connectivity index (χ3n) is 2.41. The van der Waals surface area contributed by atoms with Crippen LogP contribution in [0, 0.1) is 0 Å². The molecule has 2 rings (SSSR count). The number of carbonyl (C=O) groups excluding carboxylic acids is 2. The summed E-state index contributed by atoms with van der Waals surface area (Å²) in [5.41, 5.74) is 1.82. The first kappa shape index (κ1) is 9.71. The van der Waals surface area contributed by atoms with Gasteiger partial charge in [-0.3, -0.25) is 4.79 Å². The van der Waals surface area contributed by atoms with E-state index in [2.05, 4.69) is 10.1 Å². The number of ether oxygens (including phenoxy) is 1. The molecule has 4 nitrogen and oxygen atoms in total. The minimum absolute atomic E-state index is 0.111. The van der Waals surface area contributed by atoms with Crippen LogP contribution in [0.25, 0.3) is 0 Å². The Morgan fingerprint density at radius 3 is 3.00 bits per heavy atom. The van der Waals surface area contributed by atoms with E-state index < -0.39 is 5.97 Å². The van der Waals surface area contributed by atoms with Crippen LogP contribution < -0.4 is 5.32 Å². The molecule has 15 heavy (non-hydrogen) atoms. The molecule has 1 N–H and O–H groups in total. The second-order valence-electron chi connectivity index (χ2n) is 3.35. The Balaban J connectivity index is 2.41. The molecule has 4 heteroatoms. The van der Waals surface area contributed by atoms with Crippen molar-refractivity contribution in [1.82, 2.24) is 0 Å². The fraction of sp³-hybridized carbons (Fsp3) is 0.273. The summed E-state index contributed by atoms with van der Waals surface area (Å²) >= 11 is 0. The largest absolute Gasteiger partial charge is 0.465 e. The van der Waals surface area contributed by atoms with Gasteiger partial charge in [-0.1, -0.05) is 0 Å². The van der Waals surface area contributed by atoms with E-state index in [9.17, 15) is 9.59 Å². The van der Waals surface area contributed by atoms with Gasteiger partial charge in [0, 0.05) is 24.2 Å². The van der Waals surface area contributed by atoms with Crippen molar-refractivity contribution in [2.75, 3.05) is 19.0 Å². The molecule has 0 bridgehead atoms. The summed E-state index contributed by atoms with van der Waals surface area (Å²) in [6, 6.07) is 4.92.